The largest absolute Gasteiger partial charge is 0.298 e. The lowest BCUT2D eigenvalue weighted by Crippen LogP contribution is -2.10. The Hall–Kier alpha value is -0.770. The molecule has 0 N–H and O–H groups in total. The fourth-order valence-corrected chi connectivity index (χ4v) is 1.98. The van der Waals surface area contributed by atoms with E-state index in [9.17, 15) is 4.79 Å². The minimum absolute atomic E-state index is 0.283. The quantitative estimate of drug-likeness (QED) is 0.585. The van der Waals surface area contributed by atoms with Crippen LogP contribution < -0.4 is 0 Å². The first-order valence-corrected chi connectivity index (χ1v) is 4.74. The van der Waals surface area contributed by atoms with Gasteiger partial charge in [0.25, 0.3) is 0 Å². The van der Waals surface area contributed by atoms with Gasteiger partial charge in [0.05, 0.1) is 6.42 Å². The first-order valence-electron chi connectivity index (χ1n) is 4.74. The molecule has 66 valence electrons. The van der Waals surface area contributed by atoms with E-state index in [2.05, 4.69) is 12.8 Å². The standard InChI is InChI=1S/C11H16O/c1-3-5-11(12)10-7-6-9(4-2)8-10/h1,9-10H,4-8H2,2H3. The Morgan fingerprint density at radius 2 is 2.33 bits per heavy atom. The maximum Gasteiger partial charge on any atom is 0.147 e. The molecule has 2 atom stereocenters. The number of hydrogen-bond donors (Lipinski definition) is 0. The van der Waals surface area contributed by atoms with Crippen molar-refractivity contribution in [3.8, 4) is 12.3 Å². The molecule has 0 saturated heterocycles. The molecular formula is C11H16O. The molecule has 0 amide bonds. The van der Waals surface area contributed by atoms with Gasteiger partial charge in [0.1, 0.15) is 5.78 Å². The topological polar surface area (TPSA) is 17.1 Å². The zero-order valence-electron chi connectivity index (χ0n) is 7.68. The van der Waals surface area contributed by atoms with E-state index in [4.69, 9.17) is 6.42 Å². The molecule has 0 aromatic rings. The molecule has 1 rings (SSSR count). The van der Waals surface area contributed by atoms with Crippen LogP contribution in [-0.2, 0) is 4.79 Å². The van der Waals surface area contributed by atoms with Gasteiger partial charge in [-0.1, -0.05) is 19.3 Å². The SMILES string of the molecule is C#CCC(=O)C1CCC(CC)C1. The van der Waals surface area contributed by atoms with Crippen molar-refractivity contribution in [3.63, 3.8) is 0 Å². The highest BCUT2D eigenvalue weighted by molar-refractivity contribution is 5.83. The van der Waals surface area contributed by atoms with E-state index in [1.54, 1.807) is 0 Å². The van der Waals surface area contributed by atoms with Crippen LogP contribution in [0.5, 0.6) is 0 Å². The normalized spacial score (nSPS) is 28.3. The van der Waals surface area contributed by atoms with Gasteiger partial charge in [0, 0.05) is 5.92 Å². The highest BCUT2D eigenvalue weighted by atomic mass is 16.1. The Balaban J connectivity index is 2.37. The average Bonchev–Trinajstić information content (AvgIpc) is 2.52. The van der Waals surface area contributed by atoms with E-state index in [1.165, 1.54) is 12.8 Å². The lowest BCUT2D eigenvalue weighted by atomic mass is 9.98. The van der Waals surface area contributed by atoms with Crippen molar-refractivity contribution in [2.75, 3.05) is 0 Å². The summed E-state index contributed by atoms with van der Waals surface area (Å²) in [5.74, 6) is 3.77. The third-order valence-electron chi connectivity index (χ3n) is 2.85. The lowest BCUT2D eigenvalue weighted by Gasteiger charge is -2.06. The molecule has 0 aromatic heterocycles. The second-order valence-corrected chi connectivity index (χ2v) is 3.63. The van der Waals surface area contributed by atoms with Gasteiger partial charge < -0.3 is 0 Å². The Morgan fingerprint density at radius 1 is 1.58 bits per heavy atom. The molecule has 0 aliphatic heterocycles. The molecule has 0 radical (unpaired) electrons. The van der Waals surface area contributed by atoms with E-state index >= 15 is 0 Å². The van der Waals surface area contributed by atoms with Crippen molar-refractivity contribution >= 4 is 5.78 Å². The van der Waals surface area contributed by atoms with Crippen molar-refractivity contribution in [2.24, 2.45) is 11.8 Å². The van der Waals surface area contributed by atoms with Crippen LogP contribution in [0.25, 0.3) is 0 Å². The Kier molecular flexibility index (Phi) is 3.34. The molecular weight excluding hydrogens is 148 g/mol. The average molecular weight is 164 g/mol. The van der Waals surface area contributed by atoms with Gasteiger partial charge in [-0.3, -0.25) is 4.79 Å². The number of carbonyl (C=O) groups is 1. The summed E-state index contributed by atoms with van der Waals surface area (Å²) in [6.07, 6.45) is 10.0. The summed E-state index contributed by atoms with van der Waals surface area (Å²) in [6.45, 7) is 2.19. The molecule has 0 bridgehead atoms. The fourth-order valence-electron chi connectivity index (χ4n) is 1.98. The van der Waals surface area contributed by atoms with Crippen molar-refractivity contribution < 1.29 is 4.79 Å². The predicted molar refractivity (Wildman–Crippen MR) is 49.6 cm³/mol. The number of ketones is 1. The van der Waals surface area contributed by atoms with Crippen molar-refractivity contribution in [1.29, 1.82) is 0 Å². The number of hydrogen-bond acceptors (Lipinski definition) is 1. The first kappa shape index (κ1) is 9.32. The molecule has 0 spiro atoms. The van der Waals surface area contributed by atoms with Gasteiger partial charge in [0.15, 0.2) is 0 Å². The zero-order chi connectivity index (χ0) is 8.97. The molecule has 2 unspecified atom stereocenters. The van der Waals surface area contributed by atoms with E-state index in [0.717, 1.165) is 18.8 Å². The molecule has 1 nitrogen and oxygen atoms in total. The van der Waals surface area contributed by atoms with Crippen molar-refractivity contribution in [2.45, 2.75) is 39.0 Å². The third kappa shape index (κ3) is 2.11. The Bertz CT molecular complexity index is 200. The smallest absolute Gasteiger partial charge is 0.147 e. The second kappa shape index (κ2) is 4.30. The third-order valence-corrected chi connectivity index (χ3v) is 2.85. The molecule has 1 aliphatic carbocycles. The maximum absolute atomic E-state index is 11.4. The maximum atomic E-state index is 11.4. The predicted octanol–water partition coefficient (Wildman–Crippen LogP) is 2.41. The molecule has 0 aromatic carbocycles. The van der Waals surface area contributed by atoms with Crippen LogP contribution in [0.3, 0.4) is 0 Å². The fraction of sp³-hybridized carbons (Fsp3) is 0.727. The number of terminal acetylenes is 1. The highest BCUT2D eigenvalue weighted by Gasteiger charge is 2.27. The van der Waals surface area contributed by atoms with E-state index < -0.39 is 0 Å². The van der Waals surface area contributed by atoms with Crippen LogP contribution in [-0.4, -0.2) is 5.78 Å². The van der Waals surface area contributed by atoms with Gasteiger partial charge in [-0.25, -0.2) is 0 Å². The summed E-state index contributed by atoms with van der Waals surface area (Å²) >= 11 is 0. The summed E-state index contributed by atoms with van der Waals surface area (Å²) in [6, 6.07) is 0. The summed E-state index contributed by atoms with van der Waals surface area (Å²) in [5, 5.41) is 0. The van der Waals surface area contributed by atoms with Crippen LogP contribution >= 0.6 is 0 Å². The van der Waals surface area contributed by atoms with Crippen molar-refractivity contribution in [3.05, 3.63) is 0 Å². The molecule has 1 fully saturated rings. The Morgan fingerprint density at radius 3 is 2.83 bits per heavy atom. The van der Waals surface area contributed by atoms with Crippen LogP contribution in [0.1, 0.15) is 39.0 Å². The minimum Gasteiger partial charge on any atom is -0.298 e. The zero-order valence-corrected chi connectivity index (χ0v) is 7.68. The van der Waals surface area contributed by atoms with Gasteiger partial charge in [0.2, 0.25) is 0 Å². The van der Waals surface area contributed by atoms with E-state index in [0.29, 0.717) is 6.42 Å². The number of rotatable bonds is 3. The number of Topliss-reactive ketones (excluding diaryl/α,β-unsaturated/α-hetero) is 1. The van der Waals surface area contributed by atoms with Crippen LogP contribution in [0.2, 0.25) is 0 Å². The number of carbonyl (C=O) groups excluding carboxylic acids is 1. The van der Waals surface area contributed by atoms with Crippen LogP contribution in [0.4, 0.5) is 0 Å². The summed E-state index contributed by atoms with van der Waals surface area (Å²) in [7, 11) is 0. The molecule has 0 heterocycles. The lowest BCUT2D eigenvalue weighted by molar-refractivity contribution is -0.121. The van der Waals surface area contributed by atoms with Gasteiger partial charge in [-0.15, -0.1) is 6.42 Å². The second-order valence-electron chi connectivity index (χ2n) is 3.63. The highest BCUT2D eigenvalue weighted by Crippen LogP contribution is 2.33. The molecule has 1 heteroatoms. The van der Waals surface area contributed by atoms with E-state index in [-0.39, 0.29) is 11.7 Å². The summed E-state index contributed by atoms with van der Waals surface area (Å²) in [5.41, 5.74) is 0. The van der Waals surface area contributed by atoms with Gasteiger partial charge in [-0.05, 0) is 25.2 Å². The first-order chi connectivity index (χ1) is 5.77. The van der Waals surface area contributed by atoms with Gasteiger partial charge >= 0.3 is 0 Å². The van der Waals surface area contributed by atoms with Gasteiger partial charge in [-0.2, -0.15) is 0 Å². The van der Waals surface area contributed by atoms with Crippen molar-refractivity contribution in [1.82, 2.24) is 0 Å². The molecule has 1 aliphatic rings. The van der Waals surface area contributed by atoms with Crippen LogP contribution in [0, 0.1) is 24.2 Å². The summed E-state index contributed by atoms with van der Waals surface area (Å²) in [4.78, 5) is 11.4. The van der Waals surface area contributed by atoms with E-state index in [1.807, 2.05) is 0 Å². The molecule has 12 heavy (non-hydrogen) atoms. The summed E-state index contributed by atoms with van der Waals surface area (Å²) < 4.78 is 0. The molecule has 1 saturated carbocycles. The minimum atomic E-state index is 0.283. The monoisotopic (exact) mass is 164 g/mol. The van der Waals surface area contributed by atoms with Crippen LogP contribution in [0.15, 0.2) is 0 Å². The Labute approximate surface area is 74.5 Å².